The highest BCUT2D eigenvalue weighted by molar-refractivity contribution is 9.10. The van der Waals surface area contributed by atoms with Crippen LogP contribution in [0.3, 0.4) is 0 Å². The zero-order chi connectivity index (χ0) is 19.6. The maximum atomic E-state index is 13.9. The summed E-state index contributed by atoms with van der Waals surface area (Å²) in [4.78, 5) is 12.6. The lowest BCUT2D eigenvalue weighted by molar-refractivity contribution is 0.102. The molecule has 0 aromatic heterocycles. The smallest absolute Gasteiger partial charge is 0.258 e. The first-order valence-electron chi connectivity index (χ1n) is 8.66. The van der Waals surface area contributed by atoms with Crippen LogP contribution in [0.1, 0.15) is 35.2 Å². The summed E-state index contributed by atoms with van der Waals surface area (Å²) in [5.41, 5.74) is 0.790. The van der Waals surface area contributed by atoms with Crippen LogP contribution in [0, 0.1) is 12.7 Å². The van der Waals surface area contributed by atoms with E-state index in [0.29, 0.717) is 28.8 Å². The van der Waals surface area contributed by atoms with E-state index in [2.05, 4.69) is 21.2 Å². The minimum absolute atomic E-state index is 0.120. The second-order valence-electron chi connectivity index (χ2n) is 6.52. The molecule has 3 rings (SSSR count). The summed E-state index contributed by atoms with van der Waals surface area (Å²) in [5.74, 6) is -1.29. The van der Waals surface area contributed by atoms with E-state index in [1.54, 1.807) is 19.1 Å². The van der Waals surface area contributed by atoms with Crippen molar-refractivity contribution >= 4 is 37.5 Å². The Kier molecular flexibility index (Phi) is 5.98. The van der Waals surface area contributed by atoms with Gasteiger partial charge in [-0.2, -0.15) is 4.31 Å². The minimum Gasteiger partial charge on any atom is -0.322 e. The van der Waals surface area contributed by atoms with Gasteiger partial charge in [0, 0.05) is 23.2 Å². The van der Waals surface area contributed by atoms with Gasteiger partial charge in [-0.05, 0) is 55.7 Å². The summed E-state index contributed by atoms with van der Waals surface area (Å²) in [6.45, 7) is 2.72. The monoisotopic (exact) mass is 454 g/mol. The second kappa shape index (κ2) is 8.08. The third kappa shape index (κ3) is 4.39. The normalized spacial score (nSPS) is 15.5. The molecule has 0 spiro atoms. The predicted molar refractivity (Wildman–Crippen MR) is 106 cm³/mol. The van der Waals surface area contributed by atoms with Crippen molar-refractivity contribution in [1.29, 1.82) is 0 Å². The van der Waals surface area contributed by atoms with Crippen molar-refractivity contribution in [3.8, 4) is 0 Å². The van der Waals surface area contributed by atoms with Gasteiger partial charge in [-0.25, -0.2) is 12.8 Å². The van der Waals surface area contributed by atoms with Crippen molar-refractivity contribution in [2.75, 3.05) is 18.4 Å². The molecule has 1 amide bonds. The number of hydrogen-bond donors (Lipinski definition) is 1. The van der Waals surface area contributed by atoms with Gasteiger partial charge in [0.05, 0.1) is 10.5 Å². The molecule has 2 aromatic carbocycles. The molecule has 2 aromatic rings. The first-order valence-corrected chi connectivity index (χ1v) is 10.9. The van der Waals surface area contributed by atoms with Gasteiger partial charge in [0.2, 0.25) is 10.0 Å². The molecule has 0 bridgehead atoms. The van der Waals surface area contributed by atoms with Crippen molar-refractivity contribution < 1.29 is 17.6 Å². The molecule has 1 N–H and O–H groups in total. The lowest BCUT2D eigenvalue weighted by Crippen LogP contribution is -2.36. The molecule has 0 atom stereocenters. The molecule has 144 valence electrons. The van der Waals surface area contributed by atoms with Gasteiger partial charge in [0.25, 0.3) is 5.91 Å². The summed E-state index contributed by atoms with van der Waals surface area (Å²) >= 11 is 3.21. The Hall–Kier alpha value is -1.77. The predicted octanol–water partition coefficient (Wildman–Crippen LogP) is 4.32. The number of carbonyl (C=O) groups is 1. The Balaban J connectivity index is 1.89. The highest BCUT2D eigenvalue weighted by Gasteiger charge is 2.27. The van der Waals surface area contributed by atoms with Gasteiger partial charge in [-0.1, -0.05) is 28.4 Å². The second-order valence-corrected chi connectivity index (χ2v) is 9.35. The summed E-state index contributed by atoms with van der Waals surface area (Å²) in [6.07, 6.45) is 2.72. The molecule has 5 nitrogen and oxygen atoms in total. The summed E-state index contributed by atoms with van der Waals surface area (Å²) < 4.78 is 41.9. The van der Waals surface area contributed by atoms with Crippen LogP contribution in [0.25, 0.3) is 0 Å². The van der Waals surface area contributed by atoms with Crippen LogP contribution in [0.2, 0.25) is 0 Å². The molecule has 0 saturated carbocycles. The average molecular weight is 455 g/mol. The number of amides is 1. The molecule has 1 saturated heterocycles. The molecule has 1 heterocycles. The van der Waals surface area contributed by atoms with E-state index >= 15 is 0 Å². The van der Waals surface area contributed by atoms with Gasteiger partial charge >= 0.3 is 0 Å². The van der Waals surface area contributed by atoms with E-state index in [4.69, 9.17) is 0 Å². The number of benzene rings is 2. The van der Waals surface area contributed by atoms with Gasteiger partial charge in [0.1, 0.15) is 5.82 Å². The van der Waals surface area contributed by atoms with Crippen LogP contribution in [-0.2, 0) is 10.0 Å². The highest BCUT2D eigenvalue weighted by Crippen LogP contribution is 2.26. The largest absolute Gasteiger partial charge is 0.322 e. The van der Waals surface area contributed by atoms with Gasteiger partial charge in [0.15, 0.2) is 0 Å². The SMILES string of the molecule is Cc1ccc(NC(=O)c2cc(Br)ccc2F)cc1S(=O)(=O)N1CCCCC1. The van der Waals surface area contributed by atoms with Crippen molar-refractivity contribution in [1.82, 2.24) is 4.31 Å². The molecule has 0 unspecified atom stereocenters. The fraction of sp³-hybridized carbons (Fsp3) is 0.316. The highest BCUT2D eigenvalue weighted by atomic mass is 79.9. The topological polar surface area (TPSA) is 66.5 Å². The summed E-state index contributed by atoms with van der Waals surface area (Å²) in [7, 11) is -3.63. The van der Waals surface area contributed by atoms with Crippen LogP contribution in [0.4, 0.5) is 10.1 Å². The minimum atomic E-state index is -3.63. The first kappa shape index (κ1) is 20.0. The maximum absolute atomic E-state index is 13.9. The Morgan fingerprint density at radius 3 is 2.52 bits per heavy atom. The number of sulfonamides is 1. The fourth-order valence-corrected chi connectivity index (χ4v) is 5.20. The van der Waals surface area contributed by atoms with Crippen molar-refractivity contribution in [3.05, 3.63) is 57.8 Å². The Bertz CT molecular complexity index is 973. The number of halogens is 2. The van der Waals surface area contributed by atoms with E-state index in [0.717, 1.165) is 19.3 Å². The zero-order valence-corrected chi connectivity index (χ0v) is 17.2. The van der Waals surface area contributed by atoms with Crippen LogP contribution in [0.5, 0.6) is 0 Å². The number of piperidine rings is 1. The van der Waals surface area contributed by atoms with Gasteiger partial charge in [-0.15, -0.1) is 0 Å². The van der Waals surface area contributed by atoms with Gasteiger partial charge < -0.3 is 5.32 Å². The maximum Gasteiger partial charge on any atom is 0.258 e. The van der Waals surface area contributed by atoms with Crippen molar-refractivity contribution in [2.24, 2.45) is 0 Å². The number of nitrogens with zero attached hydrogens (tertiary/aromatic N) is 1. The average Bonchev–Trinajstić information content (AvgIpc) is 2.65. The number of hydrogen-bond acceptors (Lipinski definition) is 3. The van der Waals surface area contributed by atoms with E-state index in [-0.39, 0.29) is 10.5 Å². The van der Waals surface area contributed by atoms with Crippen LogP contribution >= 0.6 is 15.9 Å². The van der Waals surface area contributed by atoms with E-state index in [9.17, 15) is 17.6 Å². The Morgan fingerprint density at radius 1 is 1.11 bits per heavy atom. The molecular weight excluding hydrogens is 435 g/mol. The molecule has 1 aliphatic heterocycles. The third-order valence-corrected chi connectivity index (χ3v) is 7.09. The summed E-state index contributed by atoms with van der Waals surface area (Å²) in [5, 5.41) is 2.59. The number of carbonyl (C=O) groups excluding carboxylic acids is 1. The Labute approximate surface area is 166 Å². The van der Waals surface area contributed by atoms with E-state index in [1.165, 1.54) is 28.6 Å². The first-order chi connectivity index (χ1) is 12.8. The number of rotatable bonds is 4. The van der Waals surface area contributed by atoms with Crippen LogP contribution in [0.15, 0.2) is 45.8 Å². The van der Waals surface area contributed by atoms with Crippen LogP contribution in [-0.4, -0.2) is 31.7 Å². The quantitative estimate of drug-likeness (QED) is 0.747. The number of anilines is 1. The standard InChI is InChI=1S/C19H20BrFN2O3S/c1-13-5-7-15(22-19(24)16-11-14(20)6-8-17(16)21)12-18(13)27(25,26)23-9-3-2-4-10-23/h5-8,11-12H,2-4,9-10H2,1H3,(H,22,24). The van der Waals surface area contributed by atoms with Crippen LogP contribution < -0.4 is 5.32 Å². The lowest BCUT2D eigenvalue weighted by Gasteiger charge is -2.26. The van der Waals surface area contributed by atoms with E-state index in [1.807, 2.05) is 0 Å². The lowest BCUT2D eigenvalue weighted by atomic mass is 10.2. The molecule has 1 fully saturated rings. The molecule has 1 aliphatic rings. The summed E-state index contributed by atoms with van der Waals surface area (Å²) in [6, 6.07) is 8.76. The molecule has 27 heavy (non-hydrogen) atoms. The van der Waals surface area contributed by atoms with E-state index < -0.39 is 21.7 Å². The zero-order valence-electron chi connectivity index (χ0n) is 14.8. The molecule has 8 heteroatoms. The molecular formula is C19H20BrFN2O3S. The van der Waals surface area contributed by atoms with Gasteiger partial charge in [-0.3, -0.25) is 4.79 Å². The molecule has 0 aliphatic carbocycles. The number of nitrogens with one attached hydrogen (secondary N) is 1. The third-order valence-electron chi connectivity index (χ3n) is 4.55. The molecule has 0 radical (unpaired) electrons. The number of aryl methyl sites for hydroxylation is 1. The Morgan fingerprint density at radius 2 is 1.81 bits per heavy atom. The van der Waals surface area contributed by atoms with Crippen molar-refractivity contribution in [2.45, 2.75) is 31.1 Å². The van der Waals surface area contributed by atoms with Crippen molar-refractivity contribution in [3.63, 3.8) is 0 Å². The fourth-order valence-electron chi connectivity index (χ4n) is 3.07.